The van der Waals surface area contributed by atoms with Gasteiger partial charge in [-0.15, -0.1) is 0 Å². The number of hydrogen-bond donors (Lipinski definition) is 1. The Hall–Kier alpha value is -1.36. The zero-order valence-electron chi connectivity index (χ0n) is 14.3. The Morgan fingerprint density at radius 1 is 1.13 bits per heavy atom. The summed E-state index contributed by atoms with van der Waals surface area (Å²) in [6, 6.07) is 5.86. The number of sulfone groups is 1. The molecule has 1 aliphatic rings. The lowest BCUT2D eigenvalue weighted by Crippen LogP contribution is -2.43. The maximum atomic E-state index is 12.3. The van der Waals surface area contributed by atoms with E-state index in [1.807, 2.05) is 32.0 Å². The Labute approximate surface area is 139 Å². The standard InChI is InChI=1S/C18H27NO3S/c1-13-8-14(2)10-16(9-13)11-23(21,22)12-18(20)19-17-7-5-4-6-15(17)3/h8-10,15,17H,4-7,11-12H2,1-3H3,(H,19,20). The molecule has 1 N–H and O–H groups in total. The second-order valence-corrected chi connectivity index (χ2v) is 9.03. The molecule has 128 valence electrons. The van der Waals surface area contributed by atoms with Crippen molar-refractivity contribution in [3.05, 3.63) is 34.9 Å². The minimum atomic E-state index is -3.45. The maximum absolute atomic E-state index is 12.3. The molecular formula is C18H27NO3S. The van der Waals surface area contributed by atoms with Crippen molar-refractivity contribution in [1.29, 1.82) is 0 Å². The van der Waals surface area contributed by atoms with Gasteiger partial charge in [-0.2, -0.15) is 0 Å². The van der Waals surface area contributed by atoms with Crippen molar-refractivity contribution in [2.45, 2.75) is 58.2 Å². The van der Waals surface area contributed by atoms with E-state index in [4.69, 9.17) is 0 Å². The molecule has 1 aromatic rings. The largest absolute Gasteiger partial charge is 0.352 e. The van der Waals surface area contributed by atoms with Crippen molar-refractivity contribution in [2.75, 3.05) is 5.75 Å². The highest BCUT2D eigenvalue weighted by Gasteiger charge is 2.25. The van der Waals surface area contributed by atoms with E-state index >= 15 is 0 Å². The molecule has 0 heterocycles. The molecule has 23 heavy (non-hydrogen) atoms. The number of carbonyl (C=O) groups excluding carboxylic acids is 1. The van der Waals surface area contributed by atoms with Gasteiger partial charge in [0.15, 0.2) is 9.84 Å². The van der Waals surface area contributed by atoms with Gasteiger partial charge < -0.3 is 5.32 Å². The lowest BCUT2D eigenvalue weighted by atomic mass is 9.86. The fourth-order valence-electron chi connectivity index (χ4n) is 3.44. The quantitative estimate of drug-likeness (QED) is 0.898. The number of carbonyl (C=O) groups is 1. The molecule has 1 fully saturated rings. The molecule has 4 nitrogen and oxygen atoms in total. The monoisotopic (exact) mass is 337 g/mol. The molecule has 0 radical (unpaired) electrons. The van der Waals surface area contributed by atoms with Crippen LogP contribution in [0, 0.1) is 19.8 Å². The molecule has 2 atom stereocenters. The van der Waals surface area contributed by atoms with Crippen LogP contribution in [-0.4, -0.2) is 26.1 Å². The average molecular weight is 337 g/mol. The molecule has 1 amide bonds. The molecule has 1 aromatic carbocycles. The molecule has 1 saturated carbocycles. The summed E-state index contributed by atoms with van der Waals surface area (Å²) in [5.74, 6) is -0.449. The van der Waals surface area contributed by atoms with E-state index in [0.29, 0.717) is 5.92 Å². The van der Waals surface area contributed by atoms with Crippen molar-refractivity contribution in [2.24, 2.45) is 5.92 Å². The summed E-state index contributed by atoms with van der Waals surface area (Å²) in [6.07, 6.45) is 4.34. The molecule has 0 aromatic heterocycles. The van der Waals surface area contributed by atoms with Gasteiger partial charge >= 0.3 is 0 Å². The number of amides is 1. The Balaban J connectivity index is 1.95. The first-order valence-electron chi connectivity index (χ1n) is 8.32. The highest BCUT2D eigenvalue weighted by Crippen LogP contribution is 2.23. The van der Waals surface area contributed by atoms with Gasteiger partial charge in [0.2, 0.25) is 5.91 Å². The minimum Gasteiger partial charge on any atom is -0.352 e. The predicted molar refractivity (Wildman–Crippen MR) is 93.0 cm³/mol. The van der Waals surface area contributed by atoms with E-state index in [-0.39, 0.29) is 17.7 Å². The van der Waals surface area contributed by atoms with Crippen LogP contribution in [0.15, 0.2) is 18.2 Å². The zero-order valence-corrected chi connectivity index (χ0v) is 15.1. The van der Waals surface area contributed by atoms with Gasteiger partial charge in [0.25, 0.3) is 0 Å². The fraction of sp³-hybridized carbons (Fsp3) is 0.611. The van der Waals surface area contributed by atoms with E-state index in [1.165, 1.54) is 6.42 Å². The second-order valence-electron chi connectivity index (χ2n) is 6.96. The van der Waals surface area contributed by atoms with E-state index in [1.54, 1.807) is 0 Å². The summed E-state index contributed by atoms with van der Waals surface area (Å²) < 4.78 is 24.6. The smallest absolute Gasteiger partial charge is 0.235 e. The second kappa shape index (κ2) is 7.47. The number of aryl methyl sites for hydroxylation is 2. The summed E-state index contributed by atoms with van der Waals surface area (Å²) in [4.78, 5) is 12.1. The van der Waals surface area contributed by atoms with Crippen LogP contribution < -0.4 is 5.32 Å². The fourth-order valence-corrected chi connectivity index (χ4v) is 4.70. The van der Waals surface area contributed by atoms with Gasteiger partial charge in [-0.25, -0.2) is 8.42 Å². The molecule has 0 saturated heterocycles. The minimum absolute atomic E-state index is 0.0802. The first kappa shape index (κ1) is 18.0. The van der Waals surface area contributed by atoms with Gasteiger partial charge in [0.05, 0.1) is 5.75 Å². The summed E-state index contributed by atoms with van der Waals surface area (Å²) in [6.45, 7) is 6.01. The summed E-state index contributed by atoms with van der Waals surface area (Å²) in [7, 11) is -3.45. The first-order chi connectivity index (χ1) is 10.7. The zero-order chi connectivity index (χ0) is 17.0. The molecule has 2 unspecified atom stereocenters. The number of benzene rings is 1. The number of rotatable bonds is 5. The third-order valence-corrected chi connectivity index (χ3v) is 5.95. The van der Waals surface area contributed by atoms with Crippen LogP contribution in [-0.2, 0) is 20.4 Å². The Kier molecular flexibility index (Phi) is 5.84. The van der Waals surface area contributed by atoms with Crippen molar-refractivity contribution >= 4 is 15.7 Å². The van der Waals surface area contributed by atoms with Crippen molar-refractivity contribution < 1.29 is 13.2 Å². The van der Waals surface area contributed by atoms with E-state index in [0.717, 1.165) is 36.0 Å². The van der Waals surface area contributed by atoms with Crippen molar-refractivity contribution in [1.82, 2.24) is 5.32 Å². The number of hydrogen-bond acceptors (Lipinski definition) is 3. The lowest BCUT2D eigenvalue weighted by molar-refractivity contribution is -0.119. The lowest BCUT2D eigenvalue weighted by Gasteiger charge is -2.29. The molecule has 2 rings (SSSR count). The third kappa shape index (κ3) is 5.65. The van der Waals surface area contributed by atoms with E-state index in [2.05, 4.69) is 12.2 Å². The Morgan fingerprint density at radius 3 is 2.35 bits per heavy atom. The molecule has 0 spiro atoms. The number of nitrogens with one attached hydrogen (secondary N) is 1. The van der Waals surface area contributed by atoms with Gasteiger partial charge in [-0.05, 0) is 38.2 Å². The molecule has 5 heteroatoms. The van der Waals surface area contributed by atoms with Crippen LogP contribution in [0.5, 0.6) is 0 Å². The van der Waals surface area contributed by atoms with Crippen molar-refractivity contribution in [3.8, 4) is 0 Å². The molecule has 1 aliphatic carbocycles. The summed E-state index contributed by atoms with van der Waals surface area (Å²) in [5.41, 5.74) is 2.83. The average Bonchev–Trinajstić information content (AvgIpc) is 2.38. The highest BCUT2D eigenvalue weighted by atomic mass is 32.2. The Bertz CT molecular complexity index is 647. The van der Waals surface area contributed by atoms with Crippen LogP contribution in [0.3, 0.4) is 0 Å². The molecule has 0 bridgehead atoms. The van der Waals surface area contributed by atoms with Gasteiger partial charge in [0.1, 0.15) is 5.75 Å². The summed E-state index contributed by atoms with van der Waals surface area (Å²) >= 11 is 0. The van der Waals surface area contributed by atoms with Crippen LogP contribution in [0.4, 0.5) is 0 Å². The van der Waals surface area contributed by atoms with Crippen LogP contribution in [0.25, 0.3) is 0 Å². The van der Waals surface area contributed by atoms with Crippen LogP contribution >= 0.6 is 0 Å². The maximum Gasteiger partial charge on any atom is 0.235 e. The first-order valence-corrected chi connectivity index (χ1v) is 10.1. The normalized spacial score (nSPS) is 21.9. The molecule has 0 aliphatic heterocycles. The molecular weight excluding hydrogens is 310 g/mol. The summed E-state index contributed by atoms with van der Waals surface area (Å²) in [5, 5.41) is 2.92. The Morgan fingerprint density at radius 2 is 1.74 bits per heavy atom. The topological polar surface area (TPSA) is 63.2 Å². The highest BCUT2D eigenvalue weighted by molar-refractivity contribution is 7.91. The van der Waals surface area contributed by atoms with Crippen molar-refractivity contribution in [3.63, 3.8) is 0 Å². The van der Waals surface area contributed by atoms with E-state index < -0.39 is 15.6 Å². The van der Waals surface area contributed by atoms with Crippen LogP contribution in [0.2, 0.25) is 0 Å². The predicted octanol–water partition coefficient (Wildman–Crippen LogP) is 2.91. The third-order valence-electron chi connectivity index (χ3n) is 4.48. The SMILES string of the molecule is Cc1cc(C)cc(CS(=O)(=O)CC(=O)NC2CCCCC2C)c1. The van der Waals surface area contributed by atoms with Gasteiger partial charge in [-0.1, -0.05) is 49.1 Å². The van der Waals surface area contributed by atoms with Gasteiger partial charge in [-0.3, -0.25) is 4.79 Å². The van der Waals surface area contributed by atoms with E-state index in [9.17, 15) is 13.2 Å². The van der Waals surface area contributed by atoms with Crippen LogP contribution in [0.1, 0.15) is 49.3 Å². The van der Waals surface area contributed by atoms with Gasteiger partial charge in [0, 0.05) is 6.04 Å².